The fourth-order valence-electron chi connectivity index (χ4n) is 2.19. The highest BCUT2D eigenvalue weighted by molar-refractivity contribution is 5.94. The van der Waals surface area contributed by atoms with E-state index in [-0.39, 0.29) is 12.5 Å². The van der Waals surface area contributed by atoms with Crippen molar-refractivity contribution in [3.8, 4) is 0 Å². The molecule has 2 rings (SSSR count). The van der Waals surface area contributed by atoms with Gasteiger partial charge in [-0.1, -0.05) is 6.92 Å². The van der Waals surface area contributed by atoms with Crippen LogP contribution in [0.1, 0.15) is 24.9 Å². The summed E-state index contributed by atoms with van der Waals surface area (Å²) in [5.41, 5.74) is 0. The van der Waals surface area contributed by atoms with E-state index in [0.29, 0.717) is 19.6 Å². The molecule has 124 valence electrons. The maximum atomic E-state index is 12.0. The Morgan fingerprint density at radius 1 is 1.09 bits per heavy atom. The minimum Gasteiger partial charge on any atom is -0.463 e. The number of hydrogen-bond donors (Lipinski definition) is 3. The van der Waals surface area contributed by atoms with E-state index in [1.54, 1.807) is 24.7 Å². The first-order valence-corrected chi connectivity index (χ1v) is 7.63. The molecule has 3 N–H and O–H groups in total. The highest BCUT2D eigenvalue weighted by Gasteiger charge is 2.19. The summed E-state index contributed by atoms with van der Waals surface area (Å²) in [7, 11) is 0. The number of carbonyl (C=O) groups is 2. The van der Waals surface area contributed by atoms with Gasteiger partial charge in [0, 0.05) is 6.54 Å². The van der Waals surface area contributed by atoms with Gasteiger partial charge < -0.3 is 19.1 Å². The molecule has 0 saturated carbocycles. The van der Waals surface area contributed by atoms with Crippen LogP contribution < -0.4 is 15.5 Å². The van der Waals surface area contributed by atoms with Crippen molar-refractivity contribution in [1.29, 1.82) is 0 Å². The minimum atomic E-state index is -0.466. The summed E-state index contributed by atoms with van der Waals surface area (Å²) >= 11 is 0. The van der Waals surface area contributed by atoms with Crippen LogP contribution in [0, 0.1) is 0 Å². The van der Waals surface area contributed by atoms with Gasteiger partial charge in [0.2, 0.25) is 0 Å². The molecule has 0 unspecified atom stereocenters. The highest BCUT2D eigenvalue weighted by Crippen LogP contribution is 1.99. The van der Waals surface area contributed by atoms with E-state index in [0.717, 1.165) is 22.8 Å². The Kier molecular flexibility index (Phi) is 6.43. The van der Waals surface area contributed by atoms with Gasteiger partial charge in [-0.2, -0.15) is 0 Å². The number of quaternary nitrogens is 1. The van der Waals surface area contributed by atoms with Gasteiger partial charge in [0.05, 0.1) is 12.5 Å². The number of carbonyl (C=O) groups excluding carboxylic acids is 2. The number of urea groups is 1. The van der Waals surface area contributed by atoms with E-state index in [2.05, 4.69) is 10.6 Å². The van der Waals surface area contributed by atoms with E-state index < -0.39 is 6.03 Å². The largest absolute Gasteiger partial charge is 0.463 e. The molecule has 0 spiro atoms. The molecule has 23 heavy (non-hydrogen) atoms. The number of nitrogens with one attached hydrogen (secondary N) is 3. The van der Waals surface area contributed by atoms with Crippen LogP contribution in [0.25, 0.3) is 0 Å². The molecule has 0 fully saturated rings. The molecular weight excluding hydrogens is 298 g/mol. The number of hydrogen-bond acceptors (Lipinski definition) is 4. The van der Waals surface area contributed by atoms with Crippen LogP contribution in [-0.2, 0) is 17.9 Å². The highest BCUT2D eigenvalue weighted by atomic mass is 16.3. The van der Waals surface area contributed by atoms with Gasteiger partial charge in [0.15, 0.2) is 18.1 Å². The van der Waals surface area contributed by atoms with Crippen molar-refractivity contribution in [3.63, 3.8) is 0 Å². The Labute approximate surface area is 134 Å². The number of rotatable bonds is 8. The van der Waals surface area contributed by atoms with E-state index in [4.69, 9.17) is 8.83 Å². The van der Waals surface area contributed by atoms with Gasteiger partial charge in [0.25, 0.3) is 5.91 Å². The van der Waals surface area contributed by atoms with Crippen molar-refractivity contribution in [2.24, 2.45) is 0 Å². The van der Waals surface area contributed by atoms with Crippen LogP contribution >= 0.6 is 0 Å². The lowest BCUT2D eigenvalue weighted by Gasteiger charge is -2.16. The summed E-state index contributed by atoms with van der Waals surface area (Å²) in [6.45, 7) is 3.67. The molecule has 2 aromatic heterocycles. The fourth-order valence-corrected chi connectivity index (χ4v) is 2.19. The number of imide groups is 1. The maximum Gasteiger partial charge on any atom is 0.321 e. The monoisotopic (exact) mass is 320 g/mol. The Bertz CT molecular complexity index is 557. The molecule has 2 aromatic rings. The molecule has 0 bridgehead atoms. The zero-order valence-corrected chi connectivity index (χ0v) is 13.1. The standard InChI is InChI=1S/C16H21N3O4/c1-2-7-17-16(21)18-15(20)12-19(10-13-5-3-8-22-13)11-14-6-4-9-23-14/h3-6,8-9H,2,7,10-12H2,1H3,(H2,17,18,20,21)/p+1. The van der Waals surface area contributed by atoms with Crippen LogP contribution in [-0.4, -0.2) is 25.0 Å². The van der Waals surface area contributed by atoms with Crippen molar-refractivity contribution < 1.29 is 23.3 Å². The van der Waals surface area contributed by atoms with Crippen molar-refractivity contribution in [2.45, 2.75) is 26.4 Å². The third-order valence-corrected chi connectivity index (χ3v) is 3.21. The van der Waals surface area contributed by atoms with Crippen LogP contribution in [0.4, 0.5) is 4.79 Å². The zero-order chi connectivity index (χ0) is 16.5. The van der Waals surface area contributed by atoms with Gasteiger partial charge >= 0.3 is 6.03 Å². The average molecular weight is 320 g/mol. The van der Waals surface area contributed by atoms with Gasteiger partial charge in [-0.15, -0.1) is 0 Å². The lowest BCUT2D eigenvalue weighted by molar-refractivity contribution is -0.921. The molecule has 0 aliphatic rings. The third-order valence-electron chi connectivity index (χ3n) is 3.21. The van der Waals surface area contributed by atoms with Crippen molar-refractivity contribution in [1.82, 2.24) is 10.6 Å². The summed E-state index contributed by atoms with van der Waals surface area (Å²) in [6.07, 6.45) is 4.01. The van der Waals surface area contributed by atoms with Gasteiger partial charge in [-0.3, -0.25) is 10.1 Å². The Morgan fingerprint density at radius 2 is 1.70 bits per heavy atom. The first-order chi connectivity index (χ1) is 11.2. The molecule has 0 atom stereocenters. The smallest absolute Gasteiger partial charge is 0.321 e. The molecule has 0 radical (unpaired) electrons. The van der Waals surface area contributed by atoms with Crippen LogP contribution in [0.2, 0.25) is 0 Å². The fraction of sp³-hybridized carbons (Fsp3) is 0.375. The number of furan rings is 2. The third kappa shape index (κ3) is 5.99. The quantitative estimate of drug-likeness (QED) is 0.668. The van der Waals surface area contributed by atoms with E-state index >= 15 is 0 Å². The summed E-state index contributed by atoms with van der Waals surface area (Å²) < 4.78 is 10.7. The van der Waals surface area contributed by atoms with Crippen LogP contribution in [0.5, 0.6) is 0 Å². The molecule has 0 aliphatic carbocycles. The zero-order valence-electron chi connectivity index (χ0n) is 13.1. The molecule has 7 nitrogen and oxygen atoms in total. The predicted octanol–water partition coefficient (Wildman–Crippen LogP) is 0.694. The maximum absolute atomic E-state index is 12.0. The van der Waals surface area contributed by atoms with Gasteiger partial charge in [-0.25, -0.2) is 4.79 Å². The molecule has 0 saturated heterocycles. The Hall–Kier alpha value is -2.54. The van der Waals surface area contributed by atoms with Crippen LogP contribution in [0.3, 0.4) is 0 Å². The summed E-state index contributed by atoms with van der Waals surface area (Å²) in [6, 6.07) is 6.85. The van der Waals surface area contributed by atoms with E-state index in [1.165, 1.54) is 0 Å². The minimum absolute atomic E-state index is 0.140. The molecule has 2 heterocycles. The summed E-state index contributed by atoms with van der Waals surface area (Å²) in [5.74, 6) is 1.20. The molecule has 3 amide bonds. The van der Waals surface area contributed by atoms with Crippen molar-refractivity contribution in [3.05, 3.63) is 48.3 Å². The predicted molar refractivity (Wildman–Crippen MR) is 82.5 cm³/mol. The van der Waals surface area contributed by atoms with Crippen LogP contribution in [0.15, 0.2) is 45.6 Å². The average Bonchev–Trinajstić information content (AvgIpc) is 3.18. The molecule has 7 heteroatoms. The summed E-state index contributed by atoms with van der Waals surface area (Å²) in [4.78, 5) is 24.5. The molecule has 0 aliphatic heterocycles. The van der Waals surface area contributed by atoms with E-state index in [9.17, 15) is 9.59 Å². The summed E-state index contributed by atoms with van der Waals surface area (Å²) in [5, 5.41) is 4.94. The first kappa shape index (κ1) is 16.8. The molecular formula is C16H22N3O4+. The SMILES string of the molecule is CCCNC(=O)NC(=O)C[NH+](Cc1ccco1)Cc1ccco1. The Morgan fingerprint density at radius 3 is 2.17 bits per heavy atom. The van der Waals surface area contributed by atoms with Gasteiger partial charge in [-0.05, 0) is 30.7 Å². The van der Waals surface area contributed by atoms with Gasteiger partial charge in [0.1, 0.15) is 13.1 Å². The second-order valence-electron chi connectivity index (χ2n) is 5.24. The van der Waals surface area contributed by atoms with Crippen molar-refractivity contribution >= 4 is 11.9 Å². The number of amides is 3. The van der Waals surface area contributed by atoms with Crippen molar-refractivity contribution in [2.75, 3.05) is 13.1 Å². The normalized spacial score (nSPS) is 10.7. The molecule has 0 aromatic carbocycles. The second kappa shape index (κ2) is 8.79. The lowest BCUT2D eigenvalue weighted by Crippen LogP contribution is -3.10. The van der Waals surface area contributed by atoms with E-state index in [1.807, 2.05) is 19.1 Å². The topological polar surface area (TPSA) is 88.9 Å². The Balaban J connectivity index is 1.90. The second-order valence-corrected chi connectivity index (χ2v) is 5.24. The lowest BCUT2D eigenvalue weighted by atomic mass is 10.3. The first-order valence-electron chi connectivity index (χ1n) is 7.63.